The summed E-state index contributed by atoms with van der Waals surface area (Å²) in [6.07, 6.45) is 2.43. The summed E-state index contributed by atoms with van der Waals surface area (Å²) in [5.41, 5.74) is 4.36. The number of halogens is 2. The molecule has 2 nitrogen and oxygen atoms in total. The smallest absolute Gasteiger partial charge is 1.00 e. The fraction of sp³-hybridized carbons (Fsp3) is 0.385. The van der Waals surface area contributed by atoms with Crippen molar-refractivity contribution < 1.29 is 50.0 Å². The standard InChI is InChI=1S/C13H14NO.2ClH.Ti/c1-14-12-5-3-4-10(12)11-7-6-9(15-2)8-13(11)14;;;/h3,6-8H,4-5H2,1-2H3;2*1H;/q;;;+2/p-2. The van der Waals surface area contributed by atoms with Crippen molar-refractivity contribution in [3.63, 3.8) is 0 Å². The normalized spacial score (nSPS) is 17.0. The Balaban J connectivity index is 0.000000810. The molecule has 0 saturated carbocycles. The molecular weight excluding hydrogens is 305 g/mol. The number of benzene rings is 1. The van der Waals surface area contributed by atoms with Gasteiger partial charge in [-0.05, 0) is 0 Å². The summed E-state index contributed by atoms with van der Waals surface area (Å²) in [5, 5.41) is 1.41. The number of nitrogens with zero attached hydrogens (tertiary/aromatic N) is 1. The van der Waals surface area contributed by atoms with E-state index < -0.39 is 0 Å². The second kappa shape index (κ2) is 5.87. The number of methoxy groups -OCH3 is 1. The van der Waals surface area contributed by atoms with E-state index in [-0.39, 0.29) is 24.8 Å². The van der Waals surface area contributed by atoms with Crippen LogP contribution in [-0.2, 0) is 40.3 Å². The average Bonchev–Trinajstić information content (AvgIpc) is 2.78. The molecule has 0 N–H and O–H groups in total. The molecule has 0 aliphatic heterocycles. The number of hydrogen-bond donors (Lipinski definition) is 0. The van der Waals surface area contributed by atoms with Crippen LogP contribution in [0.3, 0.4) is 0 Å². The van der Waals surface area contributed by atoms with E-state index >= 15 is 0 Å². The fourth-order valence-corrected chi connectivity index (χ4v) is 3.33. The molecule has 0 saturated heterocycles. The molecule has 2 aromatic rings. The van der Waals surface area contributed by atoms with E-state index in [1.807, 2.05) is 0 Å². The first-order valence-electron chi connectivity index (χ1n) is 5.56. The van der Waals surface area contributed by atoms with Crippen molar-refractivity contribution in [2.24, 2.45) is 7.05 Å². The zero-order chi connectivity index (χ0) is 11.3. The van der Waals surface area contributed by atoms with Crippen LogP contribution in [0.1, 0.15) is 11.3 Å². The first-order valence-corrected chi connectivity index (χ1v) is 6.46. The van der Waals surface area contributed by atoms with Crippen LogP contribution in [0.15, 0.2) is 18.2 Å². The third-order valence-electron chi connectivity index (χ3n) is 3.53. The number of aromatic nitrogens is 1. The summed E-state index contributed by atoms with van der Waals surface area (Å²) in [6.45, 7) is 0. The Kier molecular flexibility index (Phi) is 5.19. The minimum absolute atomic E-state index is 0. The summed E-state index contributed by atoms with van der Waals surface area (Å²) in [7, 11) is 3.89. The van der Waals surface area contributed by atoms with Crippen molar-refractivity contribution in [2.75, 3.05) is 7.11 Å². The molecule has 18 heavy (non-hydrogen) atoms. The van der Waals surface area contributed by atoms with Crippen molar-refractivity contribution in [1.82, 2.24) is 4.57 Å². The molecule has 0 spiro atoms. The van der Waals surface area contributed by atoms with Gasteiger partial charge >= 0.3 is 107 Å². The summed E-state index contributed by atoms with van der Waals surface area (Å²) >= 11 is 2.33. The van der Waals surface area contributed by atoms with E-state index in [9.17, 15) is 0 Å². The molecule has 0 fully saturated rings. The van der Waals surface area contributed by atoms with Gasteiger partial charge in [-0.3, -0.25) is 0 Å². The van der Waals surface area contributed by atoms with E-state index in [2.05, 4.69) is 50.2 Å². The van der Waals surface area contributed by atoms with E-state index in [4.69, 9.17) is 4.74 Å². The van der Waals surface area contributed by atoms with Gasteiger partial charge in [-0.2, -0.15) is 0 Å². The molecule has 1 unspecified atom stereocenters. The maximum absolute atomic E-state index is 5.29. The number of aryl methyl sites for hydroxylation is 1. The molecule has 1 aromatic heterocycles. The SMILES string of the molecule is COc1ccc2c3c(n(C)c2c1)C[CH]([Ti+2])C3.[Cl-].[Cl-]. The summed E-state index contributed by atoms with van der Waals surface area (Å²) in [6, 6.07) is 6.40. The fourth-order valence-electron chi connectivity index (χ4n) is 2.71. The predicted octanol–water partition coefficient (Wildman–Crippen LogP) is -3.37. The van der Waals surface area contributed by atoms with Gasteiger partial charge in [0.2, 0.25) is 0 Å². The van der Waals surface area contributed by atoms with Gasteiger partial charge in [-0.25, -0.2) is 0 Å². The van der Waals surface area contributed by atoms with Gasteiger partial charge in [0.25, 0.3) is 0 Å². The monoisotopic (exact) mass is 318 g/mol. The molecule has 5 heteroatoms. The first-order chi connectivity index (χ1) is 7.70. The molecule has 0 amide bonds. The van der Waals surface area contributed by atoms with E-state index in [0.717, 1.165) is 9.97 Å². The third-order valence-corrected chi connectivity index (χ3v) is 4.17. The van der Waals surface area contributed by atoms with Gasteiger partial charge in [0.05, 0.1) is 0 Å². The van der Waals surface area contributed by atoms with Crippen LogP contribution in [-0.4, -0.2) is 11.7 Å². The van der Waals surface area contributed by atoms with Gasteiger partial charge in [-0.1, -0.05) is 0 Å². The van der Waals surface area contributed by atoms with Crippen molar-refractivity contribution in [3.8, 4) is 5.75 Å². The Morgan fingerprint density at radius 3 is 2.67 bits per heavy atom. The van der Waals surface area contributed by atoms with Crippen molar-refractivity contribution >= 4 is 10.9 Å². The van der Waals surface area contributed by atoms with Crippen LogP contribution in [0, 0.1) is 0 Å². The minimum atomic E-state index is 0. The molecule has 1 aliphatic rings. The summed E-state index contributed by atoms with van der Waals surface area (Å²) < 4.78 is 8.41. The molecule has 1 aliphatic carbocycles. The van der Waals surface area contributed by atoms with Crippen LogP contribution in [0.5, 0.6) is 5.75 Å². The van der Waals surface area contributed by atoms with Crippen molar-refractivity contribution in [1.29, 1.82) is 0 Å². The number of hydrogen-bond acceptors (Lipinski definition) is 1. The largest absolute Gasteiger partial charge is 1.00 e. The molecule has 0 bridgehead atoms. The van der Waals surface area contributed by atoms with E-state index in [1.165, 1.54) is 29.4 Å². The van der Waals surface area contributed by atoms with E-state index in [0.29, 0.717) is 0 Å². The van der Waals surface area contributed by atoms with Gasteiger partial charge in [-0.15, -0.1) is 0 Å². The quantitative estimate of drug-likeness (QED) is 0.501. The van der Waals surface area contributed by atoms with Crippen LogP contribution in [0.25, 0.3) is 10.9 Å². The summed E-state index contributed by atoms with van der Waals surface area (Å²) in [5.74, 6) is 0.944. The van der Waals surface area contributed by atoms with Gasteiger partial charge in [0.15, 0.2) is 0 Å². The Bertz CT molecular complexity index is 568. The topological polar surface area (TPSA) is 14.2 Å². The Hall–Kier alpha value is -0.146. The van der Waals surface area contributed by atoms with E-state index in [1.54, 1.807) is 12.7 Å². The second-order valence-electron chi connectivity index (χ2n) is 4.47. The third kappa shape index (κ3) is 2.32. The maximum Gasteiger partial charge on any atom is -1.00 e. The molecule has 1 atom stereocenters. The van der Waals surface area contributed by atoms with Crippen LogP contribution < -0.4 is 29.6 Å². The summed E-state index contributed by atoms with van der Waals surface area (Å²) in [4.78, 5) is 0. The van der Waals surface area contributed by atoms with Gasteiger partial charge in [0.1, 0.15) is 0 Å². The molecule has 95 valence electrons. The van der Waals surface area contributed by atoms with Crippen LogP contribution >= 0.6 is 0 Å². The predicted molar refractivity (Wildman–Crippen MR) is 60.6 cm³/mol. The number of rotatable bonds is 1. The molecular formula is C13H14Cl2NOTi. The van der Waals surface area contributed by atoms with Gasteiger partial charge in [0, 0.05) is 0 Å². The number of fused-ring (bicyclic) bond motifs is 3. The van der Waals surface area contributed by atoms with Crippen LogP contribution in [0.4, 0.5) is 0 Å². The molecule has 1 aromatic carbocycles. The second-order valence-corrected chi connectivity index (χ2v) is 5.75. The Labute approximate surface area is 131 Å². The zero-order valence-corrected chi connectivity index (χ0v) is 13.4. The maximum atomic E-state index is 5.29. The number of ether oxygens (including phenoxy) is 1. The van der Waals surface area contributed by atoms with Crippen molar-refractivity contribution in [2.45, 2.75) is 17.1 Å². The van der Waals surface area contributed by atoms with Crippen molar-refractivity contribution in [3.05, 3.63) is 29.5 Å². The first kappa shape index (κ1) is 15.9. The average molecular weight is 319 g/mol. The van der Waals surface area contributed by atoms with Gasteiger partial charge < -0.3 is 24.8 Å². The van der Waals surface area contributed by atoms with Crippen LogP contribution in [0.2, 0.25) is 4.22 Å². The Morgan fingerprint density at radius 1 is 1.28 bits per heavy atom. The zero-order valence-electron chi connectivity index (χ0n) is 10.3. The molecule has 0 radical (unpaired) electrons. The molecule has 3 rings (SSSR count). The minimum Gasteiger partial charge on any atom is -1.00 e. The molecule has 1 heterocycles. The Morgan fingerprint density at radius 2 is 2.00 bits per heavy atom.